The lowest BCUT2D eigenvalue weighted by Crippen LogP contribution is -2.40. The third kappa shape index (κ3) is 5.53. The van der Waals surface area contributed by atoms with Gasteiger partial charge < -0.3 is 14.4 Å². The van der Waals surface area contributed by atoms with Crippen LogP contribution >= 0.6 is 0 Å². The van der Waals surface area contributed by atoms with E-state index in [1.54, 1.807) is 30.2 Å². The third-order valence-electron chi connectivity index (χ3n) is 5.29. The second-order valence-corrected chi connectivity index (χ2v) is 9.76. The van der Waals surface area contributed by atoms with Crippen molar-refractivity contribution in [3.8, 4) is 11.5 Å². The van der Waals surface area contributed by atoms with E-state index in [0.717, 1.165) is 24.2 Å². The molecule has 0 saturated carbocycles. The van der Waals surface area contributed by atoms with Gasteiger partial charge in [0.1, 0.15) is 11.5 Å². The topological polar surface area (TPSA) is 72.9 Å². The van der Waals surface area contributed by atoms with Crippen molar-refractivity contribution in [2.75, 3.05) is 25.2 Å². The van der Waals surface area contributed by atoms with Crippen LogP contribution in [0.25, 0.3) is 0 Å². The summed E-state index contributed by atoms with van der Waals surface area (Å²) in [7, 11) is -1.53. The molecule has 0 aromatic heterocycles. The van der Waals surface area contributed by atoms with Crippen molar-refractivity contribution in [2.24, 2.45) is 0 Å². The van der Waals surface area contributed by atoms with Crippen molar-refractivity contribution in [3.05, 3.63) is 59.7 Å². The summed E-state index contributed by atoms with van der Waals surface area (Å²) in [5.74, 6) is 1.17. The first kappa shape index (κ1) is 22.2. The summed E-state index contributed by atoms with van der Waals surface area (Å²) in [6, 6.07) is 14.3. The lowest BCUT2D eigenvalue weighted by Gasteiger charge is -2.29. The average Bonchev–Trinajstić information content (AvgIpc) is 3.12. The van der Waals surface area contributed by atoms with Crippen LogP contribution in [0.1, 0.15) is 42.1 Å². The Morgan fingerprint density at radius 3 is 2.50 bits per heavy atom. The van der Waals surface area contributed by atoms with Gasteiger partial charge in [0.25, 0.3) is 5.91 Å². The number of unbranched alkanes of at least 4 members (excludes halogenated alkanes) is 1. The normalized spacial score (nSPS) is 17.5. The van der Waals surface area contributed by atoms with E-state index in [9.17, 15) is 13.2 Å². The van der Waals surface area contributed by atoms with Crippen LogP contribution in [0.4, 0.5) is 0 Å². The Balaban J connectivity index is 1.88. The first-order valence-electron chi connectivity index (χ1n) is 10.3. The molecule has 30 heavy (non-hydrogen) atoms. The summed E-state index contributed by atoms with van der Waals surface area (Å²) in [6.45, 7) is 2.95. The van der Waals surface area contributed by atoms with E-state index in [-0.39, 0.29) is 23.5 Å². The van der Waals surface area contributed by atoms with Crippen molar-refractivity contribution >= 4 is 15.7 Å². The SMILES string of the molecule is CCCCOc1ccccc1C(=O)N(Cc1ccc(OC)cc1)C1CCS(=O)(=O)C1. The van der Waals surface area contributed by atoms with E-state index in [0.29, 0.717) is 30.9 Å². The first-order valence-corrected chi connectivity index (χ1v) is 12.1. The van der Waals surface area contributed by atoms with E-state index in [1.165, 1.54) is 0 Å². The highest BCUT2D eigenvalue weighted by atomic mass is 32.2. The van der Waals surface area contributed by atoms with Gasteiger partial charge in [0.05, 0.1) is 30.8 Å². The number of benzene rings is 2. The number of para-hydroxylation sites is 1. The van der Waals surface area contributed by atoms with E-state index < -0.39 is 9.84 Å². The van der Waals surface area contributed by atoms with Gasteiger partial charge in [0.2, 0.25) is 0 Å². The Hall–Kier alpha value is -2.54. The fourth-order valence-corrected chi connectivity index (χ4v) is 5.30. The molecule has 1 amide bonds. The predicted molar refractivity (Wildman–Crippen MR) is 117 cm³/mol. The summed E-state index contributed by atoms with van der Waals surface area (Å²) < 4.78 is 35.3. The van der Waals surface area contributed by atoms with Crippen molar-refractivity contribution in [1.29, 1.82) is 0 Å². The van der Waals surface area contributed by atoms with Gasteiger partial charge >= 0.3 is 0 Å². The Bertz CT molecular complexity index is 956. The number of methoxy groups -OCH3 is 1. The molecule has 0 N–H and O–H groups in total. The molecule has 1 heterocycles. The second-order valence-electron chi connectivity index (χ2n) is 7.54. The summed E-state index contributed by atoms with van der Waals surface area (Å²) in [6.07, 6.45) is 2.35. The average molecular weight is 432 g/mol. The minimum Gasteiger partial charge on any atom is -0.497 e. The number of hydrogen-bond acceptors (Lipinski definition) is 5. The fourth-order valence-electron chi connectivity index (χ4n) is 3.57. The zero-order chi connectivity index (χ0) is 21.6. The van der Waals surface area contributed by atoms with E-state index in [2.05, 4.69) is 6.92 Å². The lowest BCUT2D eigenvalue weighted by molar-refractivity contribution is 0.0676. The number of ether oxygens (including phenoxy) is 2. The monoisotopic (exact) mass is 431 g/mol. The van der Waals surface area contributed by atoms with Crippen LogP contribution in [0, 0.1) is 0 Å². The quantitative estimate of drug-likeness (QED) is 0.566. The number of nitrogens with zero attached hydrogens (tertiary/aromatic N) is 1. The number of hydrogen-bond donors (Lipinski definition) is 0. The third-order valence-corrected chi connectivity index (χ3v) is 7.05. The molecular formula is C23H29NO5S. The maximum Gasteiger partial charge on any atom is 0.258 e. The van der Waals surface area contributed by atoms with Crippen LogP contribution in [0.5, 0.6) is 11.5 Å². The Labute approximate surface area is 178 Å². The highest BCUT2D eigenvalue weighted by molar-refractivity contribution is 7.91. The van der Waals surface area contributed by atoms with Crippen LogP contribution in [0.3, 0.4) is 0 Å². The van der Waals surface area contributed by atoms with Gasteiger partial charge in [-0.3, -0.25) is 4.79 Å². The van der Waals surface area contributed by atoms with Gasteiger partial charge in [-0.1, -0.05) is 37.6 Å². The Kier molecular flexibility index (Phi) is 7.37. The summed E-state index contributed by atoms with van der Waals surface area (Å²) in [4.78, 5) is 15.2. The zero-order valence-electron chi connectivity index (χ0n) is 17.5. The number of sulfone groups is 1. The first-order chi connectivity index (χ1) is 14.4. The molecule has 0 aliphatic carbocycles. The summed E-state index contributed by atoms with van der Waals surface area (Å²) >= 11 is 0. The summed E-state index contributed by atoms with van der Waals surface area (Å²) in [5.41, 5.74) is 1.38. The molecule has 162 valence electrons. The van der Waals surface area contributed by atoms with Gasteiger partial charge in [0.15, 0.2) is 9.84 Å². The van der Waals surface area contributed by atoms with E-state index in [4.69, 9.17) is 9.47 Å². The maximum absolute atomic E-state index is 13.6. The van der Waals surface area contributed by atoms with Gasteiger partial charge in [-0.15, -0.1) is 0 Å². The molecule has 1 atom stereocenters. The molecule has 3 rings (SSSR count). The molecule has 1 aliphatic rings. The molecule has 1 unspecified atom stereocenters. The van der Waals surface area contributed by atoms with Gasteiger partial charge in [-0.2, -0.15) is 0 Å². The fraction of sp³-hybridized carbons (Fsp3) is 0.435. The number of carbonyl (C=O) groups is 1. The lowest BCUT2D eigenvalue weighted by atomic mass is 10.1. The molecular weight excluding hydrogens is 402 g/mol. The van der Waals surface area contributed by atoms with Crippen LogP contribution in [-0.4, -0.2) is 50.5 Å². The molecule has 7 heteroatoms. The van der Waals surface area contributed by atoms with Crippen molar-refractivity contribution in [1.82, 2.24) is 4.90 Å². The molecule has 1 saturated heterocycles. The molecule has 0 radical (unpaired) electrons. The molecule has 2 aromatic rings. The molecule has 1 aliphatic heterocycles. The van der Waals surface area contributed by atoms with Crippen molar-refractivity contribution in [3.63, 3.8) is 0 Å². The van der Waals surface area contributed by atoms with Crippen molar-refractivity contribution < 1.29 is 22.7 Å². The van der Waals surface area contributed by atoms with Crippen molar-refractivity contribution in [2.45, 2.75) is 38.8 Å². The van der Waals surface area contributed by atoms with Gasteiger partial charge in [-0.25, -0.2) is 8.42 Å². The van der Waals surface area contributed by atoms with Crippen LogP contribution in [0.2, 0.25) is 0 Å². The standard InChI is InChI=1S/C23H29NO5S/c1-3-4-14-29-22-8-6-5-7-21(22)23(25)24(19-13-15-30(26,27)17-19)16-18-9-11-20(28-2)12-10-18/h5-12,19H,3-4,13-17H2,1-2H3. The smallest absolute Gasteiger partial charge is 0.258 e. The number of amides is 1. The Morgan fingerprint density at radius 2 is 1.87 bits per heavy atom. The molecule has 0 bridgehead atoms. The Morgan fingerprint density at radius 1 is 1.13 bits per heavy atom. The zero-order valence-corrected chi connectivity index (χ0v) is 18.4. The molecule has 6 nitrogen and oxygen atoms in total. The molecule has 1 fully saturated rings. The van der Waals surface area contributed by atoms with Crippen LogP contribution in [-0.2, 0) is 16.4 Å². The van der Waals surface area contributed by atoms with Crippen LogP contribution < -0.4 is 9.47 Å². The van der Waals surface area contributed by atoms with Gasteiger partial charge in [0, 0.05) is 12.6 Å². The molecule has 2 aromatic carbocycles. The number of carbonyl (C=O) groups excluding carboxylic acids is 1. The van der Waals surface area contributed by atoms with Gasteiger partial charge in [-0.05, 0) is 42.7 Å². The van der Waals surface area contributed by atoms with E-state index >= 15 is 0 Å². The largest absolute Gasteiger partial charge is 0.497 e. The highest BCUT2D eigenvalue weighted by Crippen LogP contribution is 2.27. The predicted octanol–water partition coefficient (Wildman–Crippen LogP) is 3.70. The minimum atomic E-state index is -3.13. The summed E-state index contributed by atoms with van der Waals surface area (Å²) in [5, 5.41) is 0. The maximum atomic E-state index is 13.6. The van der Waals surface area contributed by atoms with Crippen LogP contribution in [0.15, 0.2) is 48.5 Å². The van der Waals surface area contributed by atoms with E-state index in [1.807, 2.05) is 30.3 Å². The number of rotatable bonds is 9. The highest BCUT2D eigenvalue weighted by Gasteiger charge is 2.35. The second kappa shape index (κ2) is 9.98. The molecule has 0 spiro atoms. The minimum absolute atomic E-state index is 0.00620.